The Bertz CT molecular complexity index is 1040. The van der Waals surface area contributed by atoms with Gasteiger partial charge < -0.3 is 40.3 Å². The monoisotopic (exact) mass is 938 g/mol. The van der Waals surface area contributed by atoms with Crippen LogP contribution in [0.5, 0.6) is 0 Å². The molecule has 9 nitrogen and oxygen atoms in total. The lowest BCUT2D eigenvalue weighted by atomic mass is 9.99. The van der Waals surface area contributed by atoms with Crippen molar-refractivity contribution >= 4 is 5.91 Å². The first-order chi connectivity index (χ1) is 32.3. The zero-order valence-corrected chi connectivity index (χ0v) is 43.5. The summed E-state index contributed by atoms with van der Waals surface area (Å²) in [6.45, 7) is 3.81. The molecule has 0 aliphatic carbocycles. The Labute approximate surface area is 407 Å². The van der Waals surface area contributed by atoms with Crippen molar-refractivity contribution < 1.29 is 39.8 Å². The third-order valence-corrected chi connectivity index (χ3v) is 14.1. The average molecular weight is 939 g/mol. The van der Waals surface area contributed by atoms with E-state index in [9.17, 15) is 30.3 Å². The van der Waals surface area contributed by atoms with E-state index in [1.54, 1.807) is 6.08 Å². The van der Waals surface area contributed by atoms with E-state index in [-0.39, 0.29) is 12.5 Å². The highest BCUT2D eigenvalue weighted by Gasteiger charge is 2.44. The Hall–Kier alpha value is -1.07. The fourth-order valence-electron chi connectivity index (χ4n) is 9.51. The van der Waals surface area contributed by atoms with Crippen LogP contribution in [-0.4, -0.2) is 87.5 Å². The van der Waals surface area contributed by atoms with Crippen LogP contribution in [0, 0.1) is 0 Å². The van der Waals surface area contributed by atoms with E-state index in [0.29, 0.717) is 6.42 Å². The van der Waals surface area contributed by atoms with Gasteiger partial charge in [0.25, 0.3) is 0 Å². The van der Waals surface area contributed by atoms with Gasteiger partial charge in [-0.05, 0) is 19.3 Å². The van der Waals surface area contributed by atoms with E-state index in [1.807, 2.05) is 6.08 Å². The maximum Gasteiger partial charge on any atom is 0.220 e. The van der Waals surface area contributed by atoms with Gasteiger partial charge in [-0.15, -0.1) is 0 Å². The number of aliphatic hydroxyl groups excluding tert-OH is 5. The highest BCUT2D eigenvalue weighted by atomic mass is 16.7. The highest BCUT2D eigenvalue weighted by Crippen LogP contribution is 2.23. The lowest BCUT2D eigenvalue weighted by molar-refractivity contribution is -0.302. The van der Waals surface area contributed by atoms with Crippen LogP contribution in [0.4, 0.5) is 0 Å². The number of unbranched alkanes of at least 4 members (excludes halogenated alkanes) is 40. The van der Waals surface area contributed by atoms with Crippen molar-refractivity contribution in [1.82, 2.24) is 5.32 Å². The van der Waals surface area contributed by atoms with Crippen molar-refractivity contribution in [3.8, 4) is 0 Å². The van der Waals surface area contributed by atoms with Gasteiger partial charge >= 0.3 is 0 Å². The molecule has 6 N–H and O–H groups in total. The van der Waals surface area contributed by atoms with E-state index in [0.717, 1.165) is 38.5 Å². The largest absolute Gasteiger partial charge is 0.394 e. The number of nitrogens with one attached hydrogen (secondary N) is 1. The molecule has 1 aliphatic heterocycles. The second-order valence-electron chi connectivity index (χ2n) is 20.5. The minimum absolute atomic E-state index is 0.170. The Morgan fingerprint density at radius 2 is 0.833 bits per heavy atom. The SMILES string of the molecule is CCCCCCCCCCCCCCC/C=C/[C@@H](O)[C@H](CO[C@@H]1O[C@H](CO)[C@@H](O)C(O)C1O)NC(=O)CCCCCCCCCCCCCCCCCCCCCCCCCCCCCC. The second kappa shape index (κ2) is 47.6. The van der Waals surface area contributed by atoms with E-state index >= 15 is 0 Å². The molecule has 392 valence electrons. The van der Waals surface area contributed by atoms with Crippen LogP contribution in [-0.2, 0) is 14.3 Å². The summed E-state index contributed by atoms with van der Waals surface area (Å²) in [7, 11) is 0. The molecule has 66 heavy (non-hydrogen) atoms. The molecule has 1 saturated heterocycles. The Morgan fingerprint density at radius 3 is 1.18 bits per heavy atom. The predicted octanol–water partition coefficient (Wildman–Crippen LogP) is 14.0. The first-order valence-corrected chi connectivity index (χ1v) is 28.9. The van der Waals surface area contributed by atoms with Crippen molar-refractivity contribution in [2.24, 2.45) is 0 Å². The summed E-state index contributed by atoms with van der Waals surface area (Å²) in [5.41, 5.74) is 0. The van der Waals surface area contributed by atoms with Gasteiger partial charge in [-0.1, -0.05) is 276 Å². The molecule has 9 heteroatoms. The molecule has 0 aromatic rings. The summed E-state index contributed by atoms with van der Waals surface area (Å²) in [6, 6.07) is -0.799. The Balaban J connectivity index is 2.16. The van der Waals surface area contributed by atoms with Crippen LogP contribution >= 0.6 is 0 Å². The molecule has 0 radical (unpaired) electrons. The fraction of sp³-hybridized carbons (Fsp3) is 0.947. The topological polar surface area (TPSA) is 149 Å². The molecule has 1 heterocycles. The number of amides is 1. The summed E-state index contributed by atoms with van der Waals surface area (Å²) < 4.78 is 11.3. The van der Waals surface area contributed by atoms with Gasteiger partial charge in [0.15, 0.2) is 6.29 Å². The molecular formula is C57H111NO8. The molecule has 1 aliphatic rings. The van der Waals surface area contributed by atoms with E-state index < -0.39 is 49.5 Å². The third-order valence-electron chi connectivity index (χ3n) is 14.1. The highest BCUT2D eigenvalue weighted by molar-refractivity contribution is 5.76. The minimum Gasteiger partial charge on any atom is -0.394 e. The molecule has 0 aromatic heterocycles. The summed E-state index contributed by atoms with van der Waals surface area (Å²) in [4.78, 5) is 13.0. The average Bonchev–Trinajstić information content (AvgIpc) is 3.32. The third kappa shape index (κ3) is 36.9. The van der Waals surface area contributed by atoms with Crippen LogP contribution in [0.15, 0.2) is 12.2 Å². The van der Waals surface area contributed by atoms with Crippen LogP contribution in [0.1, 0.15) is 290 Å². The number of allylic oxidation sites excluding steroid dienone is 1. The molecule has 0 aromatic carbocycles. The normalized spacial score (nSPS) is 19.8. The first-order valence-electron chi connectivity index (χ1n) is 28.9. The molecule has 2 unspecified atom stereocenters. The van der Waals surface area contributed by atoms with E-state index in [2.05, 4.69) is 19.2 Å². The van der Waals surface area contributed by atoms with Gasteiger partial charge in [0.2, 0.25) is 5.91 Å². The summed E-state index contributed by atoms with van der Waals surface area (Å²) in [6.07, 6.45) is 51.4. The van der Waals surface area contributed by atoms with Gasteiger partial charge in [0.1, 0.15) is 24.4 Å². The van der Waals surface area contributed by atoms with Crippen LogP contribution in [0.25, 0.3) is 0 Å². The number of rotatable bonds is 50. The maximum absolute atomic E-state index is 13.0. The fourth-order valence-corrected chi connectivity index (χ4v) is 9.51. The first kappa shape index (κ1) is 62.9. The van der Waals surface area contributed by atoms with Crippen LogP contribution < -0.4 is 5.32 Å². The molecular weight excluding hydrogens is 827 g/mol. The summed E-state index contributed by atoms with van der Waals surface area (Å²) >= 11 is 0. The van der Waals surface area contributed by atoms with Gasteiger partial charge in [-0.25, -0.2) is 0 Å². The van der Waals surface area contributed by atoms with Gasteiger partial charge in [0, 0.05) is 6.42 Å². The number of hydrogen-bond acceptors (Lipinski definition) is 8. The van der Waals surface area contributed by atoms with Crippen molar-refractivity contribution in [1.29, 1.82) is 0 Å². The molecule has 1 fully saturated rings. The minimum atomic E-state index is -1.56. The molecule has 0 spiro atoms. The van der Waals surface area contributed by atoms with Crippen molar-refractivity contribution in [2.45, 2.75) is 333 Å². The number of hydrogen-bond donors (Lipinski definition) is 6. The van der Waals surface area contributed by atoms with Crippen molar-refractivity contribution in [3.63, 3.8) is 0 Å². The smallest absolute Gasteiger partial charge is 0.220 e. The van der Waals surface area contributed by atoms with Gasteiger partial charge in [0.05, 0.1) is 25.4 Å². The lowest BCUT2D eigenvalue weighted by Crippen LogP contribution is -2.60. The van der Waals surface area contributed by atoms with Gasteiger partial charge in [-0.3, -0.25) is 4.79 Å². The van der Waals surface area contributed by atoms with Crippen molar-refractivity contribution in [3.05, 3.63) is 12.2 Å². The molecule has 1 rings (SSSR count). The molecule has 0 bridgehead atoms. The zero-order valence-electron chi connectivity index (χ0n) is 43.5. The predicted molar refractivity (Wildman–Crippen MR) is 277 cm³/mol. The van der Waals surface area contributed by atoms with Crippen LogP contribution in [0.2, 0.25) is 0 Å². The standard InChI is InChI=1S/C57H111NO8/c1-3-5-7-9-11-13-15-17-19-20-21-22-23-24-25-26-27-28-29-30-31-33-35-37-39-41-43-45-47-53(61)58-50(49-65-57-56(64)55(63)54(62)52(48-59)66-57)51(60)46-44-42-40-38-36-34-32-18-16-14-12-10-8-6-4-2/h44,46,50-52,54-57,59-60,62-64H,3-43,45,47-49H2,1-2H3,(H,58,61)/b46-44+/t50-,51+,52+,54+,55?,56?,57+/m0/s1. The summed E-state index contributed by atoms with van der Waals surface area (Å²) in [5, 5.41) is 54.4. The number of carbonyl (C=O) groups excluding carboxylic acids is 1. The van der Waals surface area contributed by atoms with Crippen LogP contribution in [0.3, 0.4) is 0 Å². The molecule has 7 atom stereocenters. The maximum atomic E-state index is 13.0. The Morgan fingerprint density at radius 1 is 0.500 bits per heavy atom. The molecule has 1 amide bonds. The Kier molecular flexibility index (Phi) is 45.4. The summed E-state index contributed by atoms with van der Waals surface area (Å²) in [5.74, 6) is -0.170. The quantitative estimate of drug-likeness (QED) is 0.0261. The lowest BCUT2D eigenvalue weighted by Gasteiger charge is -2.40. The number of carbonyl (C=O) groups is 1. The van der Waals surface area contributed by atoms with Crippen molar-refractivity contribution in [2.75, 3.05) is 13.2 Å². The second-order valence-corrected chi connectivity index (χ2v) is 20.5. The van der Waals surface area contributed by atoms with E-state index in [1.165, 1.54) is 231 Å². The number of aliphatic hydroxyl groups is 5. The zero-order chi connectivity index (χ0) is 48.0. The van der Waals surface area contributed by atoms with Gasteiger partial charge in [-0.2, -0.15) is 0 Å². The van der Waals surface area contributed by atoms with E-state index in [4.69, 9.17) is 9.47 Å². The number of ether oxygens (including phenoxy) is 2. The molecule has 0 saturated carbocycles.